The summed E-state index contributed by atoms with van der Waals surface area (Å²) in [6.45, 7) is 3.96. The average Bonchev–Trinajstić information content (AvgIpc) is 3.33. The van der Waals surface area contributed by atoms with Crippen molar-refractivity contribution in [1.82, 2.24) is 30.2 Å². The molecule has 0 radical (unpaired) electrons. The van der Waals surface area contributed by atoms with Gasteiger partial charge in [0.2, 0.25) is 0 Å². The van der Waals surface area contributed by atoms with Crippen LogP contribution in [-0.2, 0) is 6.54 Å². The first kappa shape index (κ1) is 18.8. The van der Waals surface area contributed by atoms with Gasteiger partial charge in [-0.05, 0) is 43.7 Å². The third-order valence-electron chi connectivity index (χ3n) is 4.36. The standard InChI is InChI=1S/C20H17ClN6O2/c1-12-17(19(28)23-10-14-3-5-16(21)6-4-14)11-24-27(12)18-9-15(7-8-22-18)20-25-13(2)26-29-20/h3-9,11H,10H2,1-2H3,(H,23,28). The molecular formula is C20H17ClN6O2. The lowest BCUT2D eigenvalue weighted by Crippen LogP contribution is -2.23. The Labute approximate surface area is 171 Å². The van der Waals surface area contributed by atoms with E-state index in [1.54, 1.807) is 42.1 Å². The van der Waals surface area contributed by atoms with Crippen molar-refractivity contribution in [3.8, 4) is 17.3 Å². The van der Waals surface area contributed by atoms with E-state index in [1.807, 2.05) is 19.1 Å². The zero-order chi connectivity index (χ0) is 20.4. The van der Waals surface area contributed by atoms with Crippen molar-refractivity contribution in [1.29, 1.82) is 0 Å². The molecule has 0 saturated heterocycles. The van der Waals surface area contributed by atoms with Gasteiger partial charge in [0.25, 0.3) is 11.8 Å². The second kappa shape index (κ2) is 7.84. The molecule has 0 fully saturated rings. The summed E-state index contributed by atoms with van der Waals surface area (Å²) in [6.07, 6.45) is 3.16. The van der Waals surface area contributed by atoms with Gasteiger partial charge in [-0.15, -0.1) is 0 Å². The fraction of sp³-hybridized carbons (Fsp3) is 0.150. The number of carbonyl (C=O) groups is 1. The van der Waals surface area contributed by atoms with Crippen molar-refractivity contribution in [3.63, 3.8) is 0 Å². The Bertz CT molecular complexity index is 1170. The number of halogens is 1. The first-order valence-electron chi connectivity index (χ1n) is 8.85. The zero-order valence-electron chi connectivity index (χ0n) is 15.8. The van der Waals surface area contributed by atoms with Crippen LogP contribution in [0.25, 0.3) is 17.3 Å². The predicted octanol–water partition coefficient (Wildman–Crippen LogP) is 3.52. The highest BCUT2D eigenvalue weighted by molar-refractivity contribution is 6.30. The summed E-state index contributed by atoms with van der Waals surface area (Å²) in [5.41, 5.74) is 2.82. The minimum absolute atomic E-state index is 0.215. The summed E-state index contributed by atoms with van der Waals surface area (Å²) in [4.78, 5) is 21.2. The lowest BCUT2D eigenvalue weighted by atomic mass is 10.2. The number of pyridine rings is 1. The van der Waals surface area contributed by atoms with E-state index in [1.165, 1.54) is 6.20 Å². The van der Waals surface area contributed by atoms with Crippen LogP contribution in [-0.4, -0.2) is 30.8 Å². The van der Waals surface area contributed by atoms with Gasteiger partial charge in [-0.3, -0.25) is 4.79 Å². The molecule has 29 heavy (non-hydrogen) atoms. The summed E-state index contributed by atoms with van der Waals surface area (Å²) in [6, 6.07) is 10.9. The normalized spacial score (nSPS) is 10.9. The smallest absolute Gasteiger partial charge is 0.258 e. The molecule has 9 heteroatoms. The maximum Gasteiger partial charge on any atom is 0.258 e. The van der Waals surface area contributed by atoms with Crippen LogP contribution < -0.4 is 5.32 Å². The highest BCUT2D eigenvalue weighted by Gasteiger charge is 2.16. The van der Waals surface area contributed by atoms with Gasteiger partial charge in [0, 0.05) is 23.3 Å². The van der Waals surface area contributed by atoms with Gasteiger partial charge in [0.05, 0.1) is 17.5 Å². The van der Waals surface area contributed by atoms with Gasteiger partial charge in [0.15, 0.2) is 11.6 Å². The number of hydrogen-bond donors (Lipinski definition) is 1. The highest BCUT2D eigenvalue weighted by atomic mass is 35.5. The van der Waals surface area contributed by atoms with E-state index in [4.69, 9.17) is 16.1 Å². The molecule has 0 aliphatic heterocycles. The van der Waals surface area contributed by atoms with Crippen molar-refractivity contribution >= 4 is 17.5 Å². The molecule has 4 rings (SSSR count). The van der Waals surface area contributed by atoms with Crippen molar-refractivity contribution in [3.05, 3.63) is 76.5 Å². The average molecular weight is 409 g/mol. The molecule has 1 N–H and O–H groups in total. The lowest BCUT2D eigenvalue weighted by molar-refractivity contribution is 0.0950. The Hall–Kier alpha value is -3.52. The Morgan fingerprint density at radius 3 is 2.72 bits per heavy atom. The van der Waals surface area contributed by atoms with E-state index in [9.17, 15) is 4.79 Å². The molecule has 0 aliphatic rings. The van der Waals surface area contributed by atoms with Crippen LogP contribution in [0.5, 0.6) is 0 Å². The van der Waals surface area contributed by atoms with Crippen LogP contribution in [0.4, 0.5) is 0 Å². The fourth-order valence-corrected chi connectivity index (χ4v) is 2.95. The topological polar surface area (TPSA) is 98.7 Å². The molecular weight excluding hydrogens is 392 g/mol. The maximum absolute atomic E-state index is 12.6. The molecule has 0 bridgehead atoms. The number of amides is 1. The predicted molar refractivity (Wildman–Crippen MR) is 107 cm³/mol. The molecule has 4 aromatic rings. The van der Waals surface area contributed by atoms with E-state index < -0.39 is 0 Å². The monoisotopic (exact) mass is 408 g/mol. The molecule has 0 aliphatic carbocycles. The summed E-state index contributed by atoms with van der Waals surface area (Å²) in [7, 11) is 0. The third kappa shape index (κ3) is 4.02. The summed E-state index contributed by atoms with van der Waals surface area (Å²) in [5.74, 6) is 1.28. The van der Waals surface area contributed by atoms with Crippen LogP contribution in [0.15, 0.2) is 53.3 Å². The van der Waals surface area contributed by atoms with E-state index in [0.29, 0.717) is 40.4 Å². The number of benzene rings is 1. The molecule has 0 unspecified atom stereocenters. The van der Waals surface area contributed by atoms with Gasteiger partial charge in [-0.2, -0.15) is 10.1 Å². The number of nitrogens with zero attached hydrogens (tertiary/aromatic N) is 5. The number of hydrogen-bond acceptors (Lipinski definition) is 6. The highest BCUT2D eigenvalue weighted by Crippen LogP contribution is 2.20. The van der Waals surface area contributed by atoms with E-state index in [2.05, 4.69) is 25.5 Å². The van der Waals surface area contributed by atoms with Crippen LogP contribution in [0.2, 0.25) is 5.02 Å². The number of aromatic nitrogens is 5. The van der Waals surface area contributed by atoms with Crippen LogP contribution in [0, 0.1) is 13.8 Å². The first-order valence-corrected chi connectivity index (χ1v) is 9.23. The van der Waals surface area contributed by atoms with Crippen molar-refractivity contribution in [2.75, 3.05) is 0 Å². The lowest BCUT2D eigenvalue weighted by Gasteiger charge is -2.07. The molecule has 8 nitrogen and oxygen atoms in total. The Morgan fingerprint density at radius 1 is 1.21 bits per heavy atom. The number of carbonyl (C=O) groups excluding carboxylic acids is 1. The maximum atomic E-state index is 12.6. The van der Waals surface area contributed by atoms with Crippen molar-refractivity contribution in [2.45, 2.75) is 20.4 Å². The zero-order valence-corrected chi connectivity index (χ0v) is 16.5. The molecule has 146 valence electrons. The number of nitrogens with one attached hydrogen (secondary N) is 1. The van der Waals surface area contributed by atoms with E-state index in [0.717, 1.165) is 11.1 Å². The Kier molecular flexibility index (Phi) is 5.09. The van der Waals surface area contributed by atoms with E-state index >= 15 is 0 Å². The second-order valence-electron chi connectivity index (χ2n) is 6.41. The minimum atomic E-state index is -0.215. The van der Waals surface area contributed by atoms with Gasteiger partial charge < -0.3 is 9.84 Å². The first-order chi connectivity index (χ1) is 14.0. The van der Waals surface area contributed by atoms with E-state index in [-0.39, 0.29) is 5.91 Å². The van der Waals surface area contributed by atoms with Gasteiger partial charge in [0.1, 0.15) is 0 Å². The molecule has 1 amide bonds. The molecule has 3 heterocycles. The molecule has 0 spiro atoms. The van der Waals surface area contributed by atoms with Crippen LogP contribution in [0.1, 0.15) is 27.4 Å². The fourth-order valence-electron chi connectivity index (χ4n) is 2.82. The summed E-state index contributed by atoms with van der Waals surface area (Å²) in [5, 5.41) is 11.7. The molecule has 3 aromatic heterocycles. The molecule has 0 atom stereocenters. The minimum Gasteiger partial charge on any atom is -0.348 e. The van der Waals surface area contributed by atoms with Crippen LogP contribution in [0.3, 0.4) is 0 Å². The molecule has 0 saturated carbocycles. The Balaban J connectivity index is 1.54. The van der Waals surface area contributed by atoms with Crippen LogP contribution >= 0.6 is 11.6 Å². The summed E-state index contributed by atoms with van der Waals surface area (Å²) >= 11 is 5.89. The van der Waals surface area contributed by atoms with Gasteiger partial charge in [-0.25, -0.2) is 9.67 Å². The van der Waals surface area contributed by atoms with Crippen molar-refractivity contribution < 1.29 is 9.32 Å². The number of rotatable bonds is 5. The third-order valence-corrected chi connectivity index (χ3v) is 4.61. The molecule has 1 aromatic carbocycles. The number of aryl methyl sites for hydroxylation is 1. The second-order valence-corrected chi connectivity index (χ2v) is 6.85. The summed E-state index contributed by atoms with van der Waals surface area (Å²) < 4.78 is 6.81. The van der Waals surface area contributed by atoms with Crippen molar-refractivity contribution in [2.24, 2.45) is 0 Å². The quantitative estimate of drug-likeness (QED) is 0.542. The van der Waals surface area contributed by atoms with Gasteiger partial charge >= 0.3 is 0 Å². The van der Waals surface area contributed by atoms with Gasteiger partial charge in [-0.1, -0.05) is 28.9 Å². The largest absolute Gasteiger partial charge is 0.348 e. The SMILES string of the molecule is Cc1noc(-c2ccnc(-n3ncc(C(=O)NCc4ccc(Cl)cc4)c3C)c2)n1. The Morgan fingerprint density at radius 2 is 2.00 bits per heavy atom.